The number of anilines is 1. The second-order valence-electron chi connectivity index (χ2n) is 17.8. The molecule has 74 heavy (non-hydrogen) atoms. The van der Waals surface area contributed by atoms with Crippen molar-refractivity contribution in [1.29, 1.82) is 0 Å². The number of aromatic nitrogens is 1. The first-order valence-corrected chi connectivity index (χ1v) is 25.9. The summed E-state index contributed by atoms with van der Waals surface area (Å²) in [5.41, 5.74) is 4.20. The second-order valence-corrected chi connectivity index (χ2v) is 20.2. The Morgan fingerprint density at radius 1 is 0.811 bits per heavy atom. The van der Waals surface area contributed by atoms with Crippen LogP contribution in [0.1, 0.15) is 50.7 Å². The summed E-state index contributed by atoms with van der Waals surface area (Å²) in [6.45, 7) is 0.116. The van der Waals surface area contributed by atoms with E-state index in [1.807, 2.05) is 157 Å². The molecule has 16 nitrogen and oxygen atoms in total. The van der Waals surface area contributed by atoms with Gasteiger partial charge in [-0.2, -0.15) is 0 Å². The van der Waals surface area contributed by atoms with Crippen molar-refractivity contribution in [3.8, 4) is 11.5 Å². The van der Waals surface area contributed by atoms with Gasteiger partial charge in [-0.3, -0.25) is 19.4 Å². The minimum Gasteiger partial charge on any atom is -0.614 e. The maximum absolute atomic E-state index is 14.6. The lowest BCUT2D eigenvalue weighted by Gasteiger charge is -2.49. The van der Waals surface area contributed by atoms with Crippen molar-refractivity contribution in [2.45, 2.75) is 36.0 Å². The maximum Gasteiger partial charge on any atom is 0.352 e. The molecule has 6 aromatic carbocycles. The predicted molar refractivity (Wildman–Crippen MR) is 277 cm³/mol. The minimum absolute atomic E-state index is 0.00587. The molecule has 2 amide bonds. The number of oxime groups is 1. The van der Waals surface area contributed by atoms with E-state index in [9.17, 15) is 39.1 Å². The van der Waals surface area contributed by atoms with Crippen molar-refractivity contribution < 1.29 is 48.6 Å². The number of esters is 1. The van der Waals surface area contributed by atoms with Crippen molar-refractivity contribution in [3.63, 3.8) is 0 Å². The lowest BCUT2D eigenvalue weighted by Crippen LogP contribution is -2.75. The third kappa shape index (κ3) is 9.95. The van der Waals surface area contributed by atoms with E-state index < -0.39 is 70.3 Å². The van der Waals surface area contributed by atoms with Crippen LogP contribution in [-0.4, -0.2) is 101 Å². The fourth-order valence-corrected chi connectivity index (χ4v) is 12.1. The Hall–Kier alpha value is -8.29. The largest absolute Gasteiger partial charge is 0.614 e. The number of carbonyl (C=O) groups is 4. The predicted octanol–water partition coefficient (Wildman–Crippen LogP) is 6.82. The Morgan fingerprint density at radius 2 is 1.35 bits per heavy atom. The summed E-state index contributed by atoms with van der Waals surface area (Å²) < 4.78 is 20.0. The third-order valence-electron chi connectivity index (χ3n) is 13.2. The average Bonchev–Trinajstić information content (AvgIpc) is 3.90. The van der Waals surface area contributed by atoms with Gasteiger partial charge < -0.3 is 40.1 Å². The number of carboxylic acids is 1. The Balaban J connectivity index is 0.939. The van der Waals surface area contributed by atoms with E-state index in [1.165, 1.54) is 23.5 Å². The van der Waals surface area contributed by atoms with Crippen LogP contribution in [0.5, 0.6) is 11.5 Å². The van der Waals surface area contributed by atoms with Crippen LogP contribution in [0, 0.1) is 0 Å². The molecule has 1 aromatic heterocycles. The molecule has 3 aliphatic heterocycles. The number of amides is 2. The van der Waals surface area contributed by atoms with Crippen LogP contribution in [0.25, 0.3) is 0 Å². The highest BCUT2D eigenvalue weighted by molar-refractivity contribution is 7.92. The molecule has 1 saturated heterocycles. The number of nitrogens with one attached hydrogen (secondary N) is 2. The molecule has 18 heteroatoms. The number of hydrogen-bond acceptors (Lipinski definition) is 14. The van der Waals surface area contributed by atoms with Gasteiger partial charge in [0.15, 0.2) is 34.5 Å². The number of carboxylic acid groups (broad SMARTS) is 1. The number of phenolic OH excluding ortho intramolecular Hbond substituents is 2. The quantitative estimate of drug-likeness (QED) is 0.0120. The van der Waals surface area contributed by atoms with Crippen molar-refractivity contribution in [1.82, 2.24) is 20.1 Å². The molecule has 0 radical (unpaired) electrons. The van der Waals surface area contributed by atoms with Crippen LogP contribution < -0.4 is 10.6 Å². The zero-order valence-corrected chi connectivity index (χ0v) is 41.1. The van der Waals surface area contributed by atoms with E-state index in [1.54, 1.807) is 5.38 Å². The van der Waals surface area contributed by atoms with Gasteiger partial charge in [-0.25, -0.2) is 14.6 Å². The van der Waals surface area contributed by atoms with Gasteiger partial charge in [0.25, 0.3) is 11.8 Å². The van der Waals surface area contributed by atoms with Gasteiger partial charge in [-0.05, 0) is 68.7 Å². The molecule has 0 bridgehead atoms. The molecule has 2 unspecified atom stereocenters. The van der Waals surface area contributed by atoms with Crippen molar-refractivity contribution in [3.05, 3.63) is 225 Å². The first-order chi connectivity index (χ1) is 36.0. The number of aliphatic carboxylic acids is 1. The number of rotatable bonds is 17. The number of nitrogens with zero attached hydrogens (tertiary/aromatic N) is 4. The molecule has 0 aliphatic carbocycles. The van der Waals surface area contributed by atoms with Gasteiger partial charge in [0, 0.05) is 30.6 Å². The Bertz CT molecular complexity index is 3120. The summed E-state index contributed by atoms with van der Waals surface area (Å²) in [6.07, 6.45) is -0.287. The average molecular weight is 1030 g/mol. The summed E-state index contributed by atoms with van der Waals surface area (Å²) in [7, 11) is 0. The summed E-state index contributed by atoms with van der Waals surface area (Å²) in [5.74, 6) is -4.68. The summed E-state index contributed by atoms with van der Waals surface area (Å²) in [6, 6.07) is 49.3. The molecule has 3 atom stereocenters. The maximum atomic E-state index is 14.6. The molecule has 0 spiro atoms. The summed E-state index contributed by atoms with van der Waals surface area (Å²) in [4.78, 5) is 68.5. The fourth-order valence-electron chi connectivity index (χ4n) is 9.72. The van der Waals surface area contributed by atoms with E-state index in [0.717, 1.165) is 32.7 Å². The molecule has 10 rings (SSSR count). The normalized spacial score (nSPS) is 17.7. The Labute approximate surface area is 432 Å². The van der Waals surface area contributed by atoms with Crippen LogP contribution in [0.2, 0.25) is 0 Å². The number of β-lactam (4-membered cyclic amide) rings is 1. The number of phenols is 2. The van der Waals surface area contributed by atoms with Gasteiger partial charge in [0.2, 0.25) is 12.0 Å². The van der Waals surface area contributed by atoms with E-state index in [2.05, 4.69) is 15.8 Å². The van der Waals surface area contributed by atoms with Crippen molar-refractivity contribution in [2.75, 3.05) is 30.8 Å². The monoisotopic (exact) mass is 1030 g/mol. The minimum atomic E-state index is -1.87. The zero-order chi connectivity index (χ0) is 51.3. The Morgan fingerprint density at radius 3 is 1.91 bits per heavy atom. The number of carbonyl (C=O) groups excluding carboxylic acids is 3. The molecule has 0 saturated carbocycles. The number of aromatic hydroxyl groups is 2. The second kappa shape index (κ2) is 21.4. The molecule has 7 aromatic rings. The van der Waals surface area contributed by atoms with Crippen molar-refractivity contribution in [2.24, 2.45) is 5.16 Å². The van der Waals surface area contributed by atoms with Gasteiger partial charge in [-0.15, -0.1) is 11.3 Å². The fraction of sp³-hybridized carbons (Fsp3) is 0.179. The topological polar surface area (TPSA) is 226 Å². The number of hydrogen-bond donors (Lipinski definition) is 5. The van der Waals surface area contributed by atoms with Gasteiger partial charge in [0.1, 0.15) is 22.7 Å². The van der Waals surface area contributed by atoms with Crippen molar-refractivity contribution >= 4 is 57.1 Å². The lowest BCUT2D eigenvalue weighted by atomic mass is 9.77. The number of ether oxygens (including phenoxy) is 1. The molecule has 374 valence electrons. The lowest BCUT2D eigenvalue weighted by molar-refractivity contribution is -0.153. The van der Waals surface area contributed by atoms with Gasteiger partial charge in [0.05, 0.1) is 0 Å². The Kier molecular flexibility index (Phi) is 14.3. The van der Waals surface area contributed by atoms with E-state index in [0.29, 0.717) is 35.8 Å². The van der Waals surface area contributed by atoms with Crippen LogP contribution in [-0.2, 0) is 58.4 Å². The number of benzene rings is 6. The standard InChI is InChI=1S/C56H48N6O10S2/c63-44-28-37-26-27-61(30-38(37)29-45(44)64)31-39-34-74(70)53-48(52(67)62(53)49(39)54(68)69)58-51(66)47(60-71-32-46(65)72-50(35-16-6-1-7-17-35)36-18-8-2-9-19-36)43-33-73-55(57-43)59-56(40-20-10-3-11-21-40,41-22-12-4-13-23-41)42-24-14-5-15-25-42/h1-25,28-29,33,48,50,53,63-64H,26-27,30-32,34H2,(H,57,59)(H,58,66)(H,68,69)/b60-47-/t48?,53-,74?/m1/s1. The third-order valence-corrected chi connectivity index (χ3v) is 15.6. The summed E-state index contributed by atoms with van der Waals surface area (Å²) >= 11 is -0.705. The zero-order valence-electron chi connectivity index (χ0n) is 39.4. The van der Waals surface area contributed by atoms with Gasteiger partial charge in [-0.1, -0.05) is 157 Å². The molecule has 4 heterocycles. The van der Waals surface area contributed by atoms with Crippen LogP contribution in [0.3, 0.4) is 0 Å². The highest BCUT2D eigenvalue weighted by Gasteiger charge is 2.61. The molecular weight excluding hydrogens is 981 g/mol. The van der Waals surface area contributed by atoms with Crippen LogP contribution in [0.15, 0.2) is 186 Å². The molecule has 5 N–H and O–H groups in total. The van der Waals surface area contributed by atoms with E-state index in [-0.39, 0.29) is 40.8 Å². The molecular formula is C56H48N6O10S2. The van der Waals surface area contributed by atoms with E-state index in [4.69, 9.17) is 14.6 Å². The first kappa shape index (κ1) is 49.3. The van der Waals surface area contributed by atoms with E-state index >= 15 is 0 Å². The van der Waals surface area contributed by atoms with Gasteiger partial charge >= 0.3 is 11.9 Å². The highest BCUT2D eigenvalue weighted by atomic mass is 32.2. The highest BCUT2D eigenvalue weighted by Crippen LogP contribution is 2.42. The van der Waals surface area contributed by atoms with Crippen LogP contribution in [0.4, 0.5) is 5.13 Å². The SMILES string of the molecule is O=C(CO/N=C(\C(=O)NC1C(=O)N2C(C(=O)O)=C(CN3CCc4cc(O)c(O)cc4C3)C[S+]([O-])[C@H]12)c1csc(NC(c2ccccc2)(c2ccccc2)c2ccccc2)n1)OC(c1ccccc1)c1ccccc1. The number of fused-ring (bicyclic) bond motifs is 2. The smallest absolute Gasteiger partial charge is 0.352 e. The molecule has 3 aliphatic rings. The van der Waals surface area contributed by atoms with Crippen LogP contribution >= 0.6 is 11.3 Å². The number of thiazole rings is 1. The summed E-state index contributed by atoms with van der Waals surface area (Å²) in [5, 5.41) is 41.8. The molecule has 1 fully saturated rings. The first-order valence-electron chi connectivity index (χ1n) is 23.6.